The summed E-state index contributed by atoms with van der Waals surface area (Å²) in [7, 11) is 0. The van der Waals surface area contributed by atoms with E-state index in [0.29, 0.717) is 38.2 Å². The number of nitrogens with zero attached hydrogens (tertiary/aromatic N) is 3. The van der Waals surface area contributed by atoms with Crippen molar-refractivity contribution in [3.63, 3.8) is 0 Å². The molecule has 1 spiro atoms. The van der Waals surface area contributed by atoms with Gasteiger partial charge in [-0.3, -0.25) is 4.79 Å². The Balaban J connectivity index is 1.52. The van der Waals surface area contributed by atoms with E-state index in [-0.39, 0.29) is 12.0 Å². The Bertz CT molecular complexity index is 620. The van der Waals surface area contributed by atoms with Crippen LogP contribution in [0.25, 0.3) is 0 Å². The average Bonchev–Trinajstić information content (AvgIpc) is 3.15. The number of hydrogen-bond donors (Lipinski definition) is 1. The Morgan fingerprint density at radius 1 is 1.32 bits per heavy atom. The van der Waals surface area contributed by atoms with Gasteiger partial charge in [0.2, 0.25) is 0 Å². The van der Waals surface area contributed by atoms with Crippen molar-refractivity contribution >= 4 is 12.0 Å². The topological polar surface area (TPSA) is 78.5 Å². The van der Waals surface area contributed by atoms with E-state index in [1.54, 1.807) is 6.33 Å². The summed E-state index contributed by atoms with van der Waals surface area (Å²) in [5, 5.41) is 0. The molecule has 0 radical (unpaired) electrons. The van der Waals surface area contributed by atoms with Crippen molar-refractivity contribution in [2.75, 3.05) is 26.2 Å². The maximum atomic E-state index is 12.5. The van der Waals surface area contributed by atoms with Gasteiger partial charge in [-0.15, -0.1) is 0 Å². The molecule has 2 amide bonds. The molecule has 0 bridgehead atoms. The van der Waals surface area contributed by atoms with Crippen LogP contribution in [0.15, 0.2) is 6.33 Å². The molecule has 3 heterocycles. The van der Waals surface area contributed by atoms with Gasteiger partial charge >= 0.3 is 6.09 Å². The summed E-state index contributed by atoms with van der Waals surface area (Å²) in [6.45, 7) is 6.65. The van der Waals surface area contributed by atoms with Crippen molar-refractivity contribution in [2.24, 2.45) is 0 Å². The van der Waals surface area contributed by atoms with Gasteiger partial charge in [0.25, 0.3) is 5.91 Å². The lowest BCUT2D eigenvalue weighted by Gasteiger charge is -2.37. The van der Waals surface area contributed by atoms with Gasteiger partial charge in [-0.2, -0.15) is 0 Å². The average molecular weight is 348 g/mol. The molecule has 0 aromatic carbocycles. The number of likely N-dealkylation sites (tertiary alicyclic amines) is 1. The number of carbonyl (C=O) groups excluding carboxylic acids is 2. The molecule has 1 N–H and O–H groups in total. The molecule has 0 aliphatic carbocycles. The second-order valence-corrected chi connectivity index (χ2v) is 7.20. The van der Waals surface area contributed by atoms with Crippen LogP contribution < -0.4 is 0 Å². The highest BCUT2D eigenvalue weighted by Gasteiger charge is 2.47. The molecule has 3 rings (SSSR count). The summed E-state index contributed by atoms with van der Waals surface area (Å²) in [6, 6.07) is 0. The zero-order valence-electron chi connectivity index (χ0n) is 15.2. The molecule has 25 heavy (non-hydrogen) atoms. The van der Waals surface area contributed by atoms with Crippen molar-refractivity contribution in [3.05, 3.63) is 17.7 Å². The Kier molecular flexibility index (Phi) is 5.30. The van der Waals surface area contributed by atoms with E-state index in [1.165, 1.54) is 12.8 Å². The molecular formula is C18H28N4O3. The molecule has 2 fully saturated rings. The highest BCUT2D eigenvalue weighted by molar-refractivity contribution is 5.93. The summed E-state index contributed by atoms with van der Waals surface area (Å²) >= 11 is 0. The fraction of sp³-hybridized carbons (Fsp3) is 0.722. The predicted octanol–water partition coefficient (Wildman–Crippen LogP) is 2.73. The second kappa shape index (κ2) is 7.45. The number of rotatable bonds is 6. The first kappa shape index (κ1) is 17.8. The lowest BCUT2D eigenvalue weighted by molar-refractivity contribution is 0.00296. The van der Waals surface area contributed by atoms with E-state index in [4.69, 9.17) is 4.74 Å². The molecule has 1 aromatic rings. The smallest absolute Gasteiger partial charge is 0.410 e. The number of carbonyl (C=O) groups is 2. The van der Waals surface area contributed by atoms with Crippen LogP contribution in [-0.4, -0.2) is 63.5 Å². The number of aromatic nitrogens is 2. The molecule has 138 valence electrons. The van der Waals surface area contributed by atoms with Crippen molar-refractivity contribution in [1.29, 1.82) is 0 Å². The van der Waals surface area contributed by atoms with Gasteiger partial charge < -0.3 is 19.5 Å². The van der Waals surface area contributed by atoms with Gasteiger partial charge in [0.15, 0.2) is 0 Å². The Labute approximate surface area is 148 Å². The second-order valence-electron chi connectivity index (χ2n) is 7.20. The number of amides is 2. The third kappa shape index (κ3) is 3.80. The first-order valence-electron chi connectivity index (χ1n) is 9.32. The van der Waals surface area contributed by atoms with E-state index >= 15 is 0 Å². The summed E-state index contributed by atoms with van der Waals surface area (Å²) in [4.78, 5) is 35.4. The maximum Gasteiger partial charge on any atom is 0.410 e. The fourth-order valence-electron chi connectivity index (χ4n) is 3.70. The fourth-order valence-corrected chi connectivity index (χ4v) is 3.70. The standard InChI is InChI=1S/C18H28N4O3/c1-3-4-5-6-9-22-12-18(25-17(22)24)7-10-21(11-8-18)16(23)15-14(2)19-13-20-15/h13H,3-12H2,1-2H3,(H,19,20). The zero-order chi connectivity index (χ0) is 17.9. The van der Waals surface area contributed by atoms with E-state index in [0.717, 1.165) is 25.1 Å². The van der Waals surface area contributed by atoms with E-state index in [9.17, 15) is 9.59 Å². The van der Waals surface area contributed by atoms with Gasteiger partial charge in [0.05, 0.1) is 12.9 Å². The maximum absolute atomic E-state index is 12.5. The van der Waals surface area contributed by atoms with E-state index < -0.39 is 5.60 Å². The molecule has 7 nitrogen and oxygen atoms in total. The quantitative estimate of drug-likeness (QED) is 0.802. The Morgan fingerprint density at radius 3 is 2.72 bits per heavy atom. The van der Waals surface area contributed by atoms with E-state index in [2.05, 4.69) is 16.9 Å². The lowest BCUT2D eigenvalue weighted by atomic mass is 9.91. The van der Waals surface area contributed by atoms with Gasteiger partial charge in [-0.05, 0) is 13.3 Å². The highest BCUT2D eigenvalue weighted by Crippen LogP contribution is 2.33. The first-order chi connectivity index (χ1) is 12.0. The number of aryl methyl sites for hydroxylation is 1. The summed E-state index contributed by atoms with van der Waals surface area (Å²) < 4.78 is 5.73. The molecule has 2 aliphatic heterocycles. The van der Waals surface area contributed by atoms with Gasteiger partial charge in [0.1, 0.15) is 11.3 Å². The van der Waals surface area contributed by atoms with Crippen LogP contribution in [0.3, 0.4) is 0 Å². The van der Waals surface area contributed by atoms with Crippen molar-refractivity contribution in [3.8, 4) is 0 Å². The molecule has 0 atom stereocenters. The molecule has 0 unspecified atom stereocenters. The third-order valence-corrected chi connectivity index (χ3v) is 5.32. The Hall–Kier alpha value is -2.05. The predicted molar refractivity (Wildman–Crippen MR) is 93.4 cm³/mol. The number of ether oxygens (including phenoxy) is 1. The minimum atomic E-state index is -0.417. The number of hydrogen-bond acceptors (Lipinski definition) is 4. The van der Waals surface area contributed by atoms with Gasteiger partial charge in [0, 0.05) is 38.2 Å². The van der Waals surface area contributed by atoms with Crippen molar-refractivity contribution in [1.82, 2.24) is 19.8 Å². The van der Waals surface area contributed by atoms with Crippen LogP contribution in [0.2, 0.25) is 0 Å². The number of aromatic amines is 1. The number of H-pyrrole nitrogens is 1. The van der Waals surface area contributed by atoms with E-state index in [1.807, 2.05) is 16.7 Å². The van der Waals surface area contributed by atoms with Crippen LogP contribution in [0, 0.1) is 6.92 Å². The van der Waals surface area contributed by atoms with Gasteiger partial charge in [-0.1, -0.05) is 26.2 Å². The minimum Gasteiger partial charge on any atom is -0.441 e. The van der Waals surface area contributed by atoms with Crippen molar-refractivity contribution in [2.45, 2.75) is 58.0 Å². The van der Waals surface area contributed by atoms with Gasteiger partial charge in [-0.25, -0.2) is 9.78 Å². The molecule has 1 aromatic heterocycles. The molecule has 0 saturated carbocycles. The van der Waals surface area contributed by atoms with Crippen LogP contribution >= 0.6 is 0 Å². The SMILES string of the molecule is CCCCCCN1CC2(CCN(C(=O)c3nc[nH]c3C)CC2)OC1=O. The van der Waals surface area contributed by atoms with Crippen LogP contribution in [-0.2, 0) is 4.74 Å². The molecule has 2 aliphatic rings. The minimum absolute atomic E-state index is 0.0469. The number of imidazole rings is 1. The first-order valence-corrected chi connectivity index (χ1v) is 9.32. The normalized spacial score (nSPS) is 19.5. The molecule has 2 saturated heterocycles. The van der Waals surface area contributed by atoms with Crippen LogP contribution in [0.5, 0.6) is 0 Å². The summed E-state index contributed by atoms with van der Waals surface area (Å²) in [6.07, 6.45) is 7.31. The monoisotopic (exact) mass is 348 g/mol. The largest absolute Gasteiger partial charge is 0.441 e. The number of unbranched alkanes of at least 4 members (excludes halogenated alkanes) is 3. The highest BCUT2D eigenvalue weighted by atomic mass is 16.6. The lowest BCUT2D eigenvalue weighted by Crippen LogP contribution is -2.49. The van der Waals surface area contributed by atoms with Crippen LogP contribution in [0.4, 0.5) is 4.79 Å². The Morgan fingerprint density at radius 2 is 2.08 bits per heavy atom. The zero-order valence-corrected chi connectivity index (χ0v) is 15.2. The number of piperidine rings is 1. The third-order valence-electron chi connectivity index (χ3n) is 5.32. The van der Waals surface area contributed by atoms with Crippen LogP contribution in [0.1, 0.15) is 61.6 Å². The summed E-state index contributed by atoms with van der Waals surface area (Å²) in [5.74, 6) is -0.0469. The number of nitrogens with one attached hydrogen (secondary N) is 1. The molecular weight excluding hydrogens is 320 g/mol. The molecule has 7 heteroatoms. The van der Waals surface area contributed by atoms with Crippen molar-refractivity contribution < 1.29 is 14.3 Å². The summed E-state index contributed by atoms with van der Waals surface area (Å²) in [5.41, 5.74) is 0.854.